The molecule has 14 atom stereocenters. The van der Waals surface area contributed by atoms with Gasteiger partial charge in [0, 0.05) is 18.1 Å². The van der Waals surface area contributed by atoms with Gasteiger partial charge < -0.3 is 84.2 Å². The minimum Gasteiger partial charge on any atom is -0.481 e. The number of aliphatic hydroxyl groups excluding tert-OH is 2. The number of hydrogen-bond donors (Lipinski definition) is 17. The van der Waals surface area contributed by atoms with Crippen molar-refractivity contribution in [1.82, 2.24) is 58.1 Å². The van der Waals surface area contributed by atoms with Gasteiger partial charge in [-0.2, -0.15) is 25.3 Å². The summed E-state index contributed by atoms with van der Waals surface area (Å²) in [5, 5.41) is 63.2. The van der Waals surface area contributed by atoms with Crippen LogP contribution in [0, 0.1) is 5.92 Å². The van der Waals surface area contributed by atoms with Crippen molar-refractivity contribution in [3.05, 3.63) is 0 Å². The fraction of sp³-hybridized carbons (Fsp3) is 0.705. The van der Waals surface area contributed by atoms with E-state index in [0.29, 0.717) is 0 Å². The molecule has 0 saturated carbocycles. The molecular formula is C44H74N12O17S2. The fourth-order valence-corrected chi connectivity index (χ4v) is 7.47. The van der Waals surface area contributed by atoms with Crippen molar-refractivity contribution in [3.63, 3.8) is 0 Å². The van der Waals surface area contributed by atoms with Crippen LogP contribution in [-0.4, -0.2) is 205 Å². The molecule has 29 nitrogen and oxygen atoms in total. The van der Waals surface area contributed by atoms with Gasteiger partial charge >= 0.3 is 11.9 Å². The second kappa shape index (κ2) is 31.5. The zero-order valence-electron chi connectivity index (χ0n) is 43.1. The standard InChI is InChI=1S/C44H74N12O17S2/c1-17(2)13-25(50-35(63)20(5)46-33(61)18(3)45)38(66)48-19(4)34(62)47-21(6)36(64)51-26(14-30(59)60)39(67)55-32(24(9)58)43(71)56-12-10-11-29(56)41(69)54-31(23(8)57)42(70)49-22(7)37(65)52-27(15-74)40(68)53-28(16-75)44(72)73/h17-29,31-32,57-58,74-75H,10-16,45H2,1-9H3,(H,46,61)(H,47,62)(H,48,66)(H,49,70)(H,50,63)(H,51,64)(H,52,65)(H,53,68)(H,54,69)(H,55,67)(H,59,60)(H,72,73)/t18-,19-,20-,21-,22-,23+,24+,25-,26-,27-,28-,29-,31-,32-/m0/s1. The average molecular weight is 1110 g/mol. The Morgan fingerprint density at radius 3 is 1.35 bits per heavy atom. The Labute approximate surface area is 444 Å². The average Bonchev–Trinajstić information content (AvgIpc) is 3.82. The number of aliphatic hydroxyl groups is 2. The number of thiol groups is 2. The molecule has 31 heteroatoms. The van der Waals surface area contributed by atoms with Crippen LogP contribution >= 0.6 is 25.3 Å². The van der Waals surface area contributed by atoms with Crippen molar-refractivity contribution in [1.29, 1.82) is 0 Å². The number of nitrogens with one attached hydrogen (secondary N) is 10. The molecule has 1 aliphatic rings. The van der Waals surface area contributed by atoms with Gasteiger partial charge in [-0.15, -0.1) is 0 Å². The van der Waals surface area contributed by atoms with Gasteiger partial charge in [0.25, 0.3) is 0 Å². The van der Waals surface area contributed by atoms with Crippen LogP contribution in [0.25, 0.3) is 0 Å². The molecule has 0 aromatic rings. The minimum atomic E-state index is -1.92. The Morgan fingerprint density at radius 1 is 0.507 bits per heavy atom. The van der Waals surface area contributed by atoms with Gasteiger partial charge in [0.1, 0.15) is 66.5 Å². The van der Waals surface area contributed by atoms with E-state index < -0.39 is 168 Å². The second-order valence-corrected chi connectivity index (χ2v) is 19.3. The summed E-state index contributed by atoms with van der Waals surface area (Å²) < 4.78 is 0. The number of carboxylic acids is 2. The van der Waals surface area contributed by atoms with Gasteiger partial charge in [0.2, 0.25) is 65.0 Å². The number of likely N-dealkylation sites (tertiary alicyclic amines) is 1. The molecule has 75 heavy (non-hydrogen) atoms. The molecule has 0 aliphatic carbocycles. The van der Waals surface area contributed by atoms with Gasteiger partial charge in [0.05, 0.1) is 24.7 Å². The molecule has 1 saturated heterocycles. The first-order valence-corrected chi connectivity index (χ1v) is 25.2. The molecule has 1 aliphatic heterocycles. The minimum absolute atomic E-state index is 0.0118. The van der Waals surface area contributed by atoms with E-state index in [1.165, 1.54) is 34.6 Å². The number of carbonyl (C=O) groups excluding carboxylic acids is 11. The van der Waals surface area contributed by atoms with Crippen molar-refractivity contribution in [3.8, 4) is 0 Å². The fourth-order valence-electron chi connectivity index (χ4n) is 6.97. The van der Waals surface area contributed by atoms with E-state index in [1.807, 2.05) is 0 Å². The van der Waals surface area contributed by atoms with E-state index in [4.69, 9.17) is 5.73 Å². The third-order valence-electron chi connectivity index (χ3n) is 11.3. The smallest absolute Gasteiger partial charge is 0.327 e. The lowest BCUT2D eigenvalue weighted by molar-refractivity contribution is -0.146. The summed E-state index contributed by atoms with van der Waals surface area (Å²) >= 11 is 7.88. The Balaban J connectivity index is 3.10. The second-order valence-electron chi connectivity index (χ2n) is 18.5. The molecule has 1 rings (SSSR count). The Morgan fingerprint density at radius 2 is 0.907 bits per heavy atom. The number of nitrogens with zero attached hydrogens (tertiary/aromatic N) is 1. The molecule has 0 bridgehead atoms. The van der Waals surface area contributed by atoms with Crippen molar-refractivity contribution in [2.45, 2.75) is 173 Å². The SMILES string of the molecule is CC(C)C[C@H](NC(=O)[C@H](C)NC(=O)[C@H](C)N)C(=O)N[C@@H](C)C(=O)N[C@@H](C)C(=O)N[C@@H](CC(=O)O)C(=O)N[C@H](C(=O)N1CCC[C@H]1C(=O)N[C@H](C(=O)N[C@@H](C)C(=O)N[C@@H](CS)C(=O)N[C@@H](CS)C(=O)O)[C@@H](C)O)[C@@H](C)O. The van der Waals surface area contributed by atoms with Crippen LogP contribution in [0.2, 0.25) is 0 Å². The molecule has 0 unspecified atom stereocenters. The first kappa shape index (κ1) is 66.7. The van der Waals surface area contributed by atoms with Gasteiger partial charge in [-0.3, -0.25) is 57.5 Å². The summed E-state index contributed by atoms with van der Waals surface area (Å²) in [4.78, 5) is 169. The zero-order chi connectivity index (χ0) is 57.8. The Hall–Kier alpha value is -6.31. The number of aliphatic carboxylic acids is 2. The van der Waals surface area contributed by atoms with Crippen molar-refractivity contribution in [2.75, 3.05) is 18.1 Å². The number of nitrogens with two attached hydrogens (primary N) is 1. The number of amides is 11. The summed E-state index contributed by atoms with van der Waals surface area (Å²) in [6, 6.07) is -16.9. The molecule has 0 aromatic heterocycles. The van der Waals surface area contributed by atoms with E-state index in [2.05, 4.69) is 78.4 Å². The van der Waals surface area contributed by atoms with E-state index >= 15 is 0 Å². The van der Waals surface area contributed by atoms with Crippen LogP contribution in [0.4, 0.5) is 0 Å². The summed E-state index contributed by atoms with van der Waals surface area (Å²) in [5.74, 6) is -13.9. The molecule has 11 amide bonds. The molecule has 0 aromatic carbocycles. The molecule has 0 spiro atoms. The van der Waals surface area contributed by atoms with E-state index in [9.17, 15) is 82.8 Å². The van der Waals surface area contributed by atoms with Gasteiger partial charge in [-0.25, -0.2) is 4.79 Å². The zero-order valence-corrected chi connectivity index (χ0v) is 44.9. The van der Waals surface area contributed by atoms with Crippen molar-refractivity contribution >= 4 is 102 Å². The molecule has 1 heterocycles. The van der Waals surface area contributed by atoms with Crippen molar-refractivity contribution < 1.29 is 82.8 Å². The maximum atomic E-state index is 14.0. The molecule has 0 radical (unpaired) electrons. The molecule has 1 fully saturated rings. The lowest BCUT2D eigenvalue weighted by Gasteiger charge is -2.32. The maximum Gasteiger partial charge on any atom is 0.327 e. The lowest BCUT2D eigenvalue weighted by atomic mass is 10.0. The van der Waals surface area contributed by atoms with Crippen LogP contribution in [0.15, 0.2) is 0 Å². The van der Waals surface area contributed by atoms with Crippen molar-refractivity contribution in [2.24, 2.45) is 11.7 Å². The maximum absolute atomic E-state index is 14.0. The highest BCUT2D eigenvalue weighted by molar-refractivity contribution is 7.80. The summed E-state index contributed by atoms with van der Waals surface area (Å²) in [6.07, 6.45) is -4.05. The van der Waals surface area contributed by atoms with Crippen LogP contribution in [0.5, 0.6) is 0 Å². The summed E-state index contributed by atoms with van der Waals surface area (Å²) in [6.45, 7) is 12.1. The highest BCUT2D eigenvalue weighted by atomic mass is 32.1. The van der Waals surface area contributed by atoms with Crippen LogP contribution < -0.4 is 58.9 Å². The highest BCUT2D eigenvalue weighted by Gasteiger charge is 2.42. The van der Waals surface area contributed by atoms with Crippen LogP contribution in [0.1, 0.15) is 88.0 Å². The largest absolute Gasteiger partial charge is 0.481 e. The van der Waals surface area contributed by atoms with Crippen LogP contribution in [0.3, 0.4) is 0 Å². The van der Waals surface area contributed by atoms with Gasteiger partial charge in [0.15, 0.2) is 0 Å². The van der Waals surface area contributed by atoms with E-state index in [-0.39, 0.29) is 43.2 Å². The monoisotopic (exact) mass is 1110 g/mol. The molecule has 424 valence electrons. The third-order valence-corrected chi connectivity index (χ3v) is 12.1. The quantitative estimate of drug-likeness (QED) is 0.0297. The third kappa shape index (κ3) is 21.8. The Kier molecular flexibility index (Phi) is 28.1. The number of carboxylic acid groups (broad SMARTS) is 2. The topological polar surface area (TPSA) is 452 Å². The van der Waals surface area contributed by atoms with Crippen LogP contribution in [-0.2, 0) is 62.3 Å². The number of carbonyl (C=O) groups is 13. The Bertz CT molecular complexity index is 2100. The summed E-state index contributed by atoms with van der Waals surface area (Å²) in [7, 11) is 0. The van der Waals surface area contributed by atoms with E-state index in [1.54, 1.807) is 13.8 Å². The normalized spacial score (nSPS) is 18.4. The first-order chi connectivity index (χ1) is 34.8. The van der Waals surface area contributed by atoms with E-state index in [0.717, 1.165) is 18.7 Å². The molecular weight excluding hydrogens is 1030 g/mol. The van der Waals surface area contributed by atoms with Gasteiger partial charge in [-0.05, 0) is 73.6 Å². The predicted molar refractivity (Wildman–Crippen MR) is 271 cm³/mol. The van der Waals surface area contributed by atoms with Gasteiger partial charge in [-0.1, -0.05) is 13.8 Å². The highest BCUT2D eigenvalue weighted by Crippen LogP contribution is 2.20. The number of hydrogen-bond acceptors (Lipinski definition) is 18. The predicted octanol–water partition coefficient (Wildman–Crippen LogP) is -6.52. The number of rotatable bonds is 30. The molecule has 16 N–H and O–H groups in total. The lowest BCUT2D eigenvalue weighted by Crippen LogP contribution is -2.62. The summed E-state index contributed by atoms with van der Waals surface area (Å²) in [5.41, 5.74) is 5.54. The first-order valence-electron chi connectivity index (χ1n) is 23.9.